The highest BCUT2D eigenvalue weighted by Crippen LogP contribution is 2.20. The average Bonchev–Trinajstić information content (AvgIpc) is 2.67. The predicted octanol–water partition coefficient (Wildman–Crippen LogP) is 4.45. The Balaban J connectivity index is 1.75. The van der Waals surface area contributed by atoms with Gasteiger partial charge in [0.15, 0.2) is 5.78 Å². The zero-order valence-electron chi connectivity index (χ0n) is 15.0. The van der Waals surface area contributed by atoms with Crippen molar-refractivity contribution in [2.45, 2.75) is 20.4 Å². The van der Waals surface area contributed by atoms with Crippen molar-refractivity contribution < 1.29 is 4.79 Å². The number of rotatable bonds is 7. The largest absolute Gasteiger partial charge is 0.352 e. The molecule has 5 nitrogen and oxygen atoms in total. The third-order valence-electron chi connectivity index (χ3n) is 4.14. The first kappa shape index (κ1) is 17.6. The second-order valence-electron chi connectivity index (χ2n) is 6.02. The lowest BCUT2D eigenvalue weighted by Gasteiger charge is -2.22. The molecule has 0 atom stereocenters. The standard InChI is InChI=1S/C21H22N4O/c1-3-25(14-17-7-5-4-6-8-17)21-13-20(22-15-23-21)24-19-11-9-18(10-12-19)16(2)26/h4-13,15H,3,14H2,1-2H3,(H,22,23,24). The van der Waals surface area contributed by atoms with Gasteiger partial charge < -0.3 is 10.2 Å². The molecule has 3 rings (SSSR count). The van der Waals surface area contributed by atoms with Gasteiger partial charge in [-0.15, -0.1) is 0 Å². The molecular weight excluding hydrogens is 324 g/mol. The fraction of sp³-hybridized carbons (Fsp3) is 0.190. The van der Waals surface area contributed by atoms with E-state index in [1.165, 1.54) is 5.56 Å². The summed E-state index contributed by atoms with van der Waals surface area (Å²) in [6.45, 7) is 5.31. The molecule has 0 saturated carbocycles. The minimum absolute atomic E-state index is 0.0559. The first-order valence-corrected chi connectivity index (χ1v) is 8.64. The number of ketones is 1. The Kier molecular flexibility index (Phi) is 5.59. The molecule has 1 heterocycles. The lowest BCUT2D eigenvalue weighted by atomic mass is 10.1. The van der Waals surface area contributed by atoms with Crippen molar-refractivity contribution in [3.63, 3.8) is 0 Å². The normalized spacial score (nSPS) is 10.4. The fourth-order valence-corrected chi connectivity index (χ4v) is 2.68. The van der Waals surface area contributed by atoms with Crippen LogP contribution in [0, 0.1) is 0 Å². The Morgan fingerprint density at radius 2 is 1.77 bits per heavy atom. The highest BCUT2D eigenvalue weighted by molar-refractivity contribution is 5.94. The Labute approximate surface area is 153 Å². The lowest BCUT2D eigenvalue weighted by molar-refractivity contribution is 0.101. The van der Waals surface area contributed by atoms with Gasteiger partial charge in [0, 0.05) is 30.4 Å². The van der Waals surface area contributed by atoms with Crippen molar-refractivity contribution in [2.24, 2.45) is 0 Å². The van der Waals surface area contributed by atoms with Gasteiger partial charge in [-0.25, -0.2) is 9.97 Å². The van der Waals surface area contributed by atoms with E-state index in [-0.39, 0.29) is 5.78 Å². The van der Waals surface area contributed by atoms with Crippen LogP contribution in [-0.2, 0) is 6.54 Å². The van der Waals surface area contributed by atoms with Crippen molar-refractivity contribution >= 4 is 23.1 Å². The van der Waals surface area contributed by atoms with Gasteiger partial charge in [0.1, 0.15) is 18.0 Å². The van der Waals surface area contributed by atoms with Crippen LogP contribution >= 0.6 is 0 Å². The maximum atomic E-state index is 11.4. The van der Waals surface area contributed by atoms with E-state index >= 15 is 0 Å². The van der Waals surface area contributed by atoms with Crippen molar-refractivity contribution in [1.82, 2.24) is 9.97 Å². The highest BCUT2D eigenvalue weighted by atomic mass is 16.1. The van der Waals surface area contributed by atoms with Crippen LogP contribution < -0.4 is 10.2 Å². The third-order valence-corrected chi connectivity index (χ3v) is 4.14. The summed E-state index contributed by atoms with van der Waals surface area (Å²) in [6, 6.07) is 19.6. The molecule has 0 radical (unpaired) electrons. The summed E-state index contributed by atoms with van der Waals surface area (Å²) in [5.41, 5.74) is 2.81. The Hall–Kier alpha value is -3.21. The molecule has 0 saturated heterocycles. The Morgan fingerprint density at radius 1 is 1.04 bits per heavy atom. The Morgan fingerprint density at radius 3 is 2.42 bits per heavy atom. The van der Waals surface area contributed by atoms with E-state index in [0.717, 1.165) is 30.4 Å². The van der Waals surface area contributed by atoms with Crippen LogP contribution in [0.5, 0.6) is 0 Å². The maximum Gasteiger partial charge on any atom is 0.159 e. The number of carbonyl (C=O) groups is 1. The van der Waals surface area contributed by atoms with Crippen molar-refractivity contribution in [3.05, 3.63) is 78.1 Å². The topological polar surface area (TPSA) is 58.1 Å². The van der Waals surface area contributed by atoms with Crippen LogP contribution in [0.2, 0.25) is 0 Å². The molecule has 0 spiro atoms. The number of anilines is 3. The van der Waals surface area contributed by atoms with Crippen LogP contribution in [0.1, 0.15) is 29.8 Å². The lowest BCUT2D eigenvalue weighted by Crippen LogP contribution is -2.23. The molecule has 1 N–H and O–H groups in total. The average molecular weight is 346 g/mol. The van der Waals surface area contributed by atoms with Crippen molar-refractivity contribution in [3.8, 4) is 0 Å². The summed E-state index contributed by atoms with van der Waals surface area (Å²) in [7, 11) is 0. The SMILES string of the molecule is CCN(Cc1ccccc1)c1cc(Nc2ccc(C(C)=O)cc2)ncn1. The predicted molar refractivity (Wildman–Crippen MR) is 105 cm³/mol. The van der Waals surface area contributed by atoms with Crippen LogP contribution in [-0.4, -0.2) is 22.3 Å². The van der Waals surface area contributed by atoms with Crippen LogP contribution in [0.25, 0.3) is 0 Å². The molecule has 0 fully saturated rings. The van der Waals surface area contributed by atoms with E-state index < -0.39 is 0 Å². The molecule has 3 aromatic rings. The highest BCUT2D eigenvalue weighted by Gasteiger charge is 2.08. The molecule has 0 unspecified atom stereocenters. The number of nitrogens with one attached hydrogen (secondary N) is 1. The van der Waals surface area contributed by atoms with Gasteiger partial charge in [0.25, 0.3) is 0 Å². The molecule has 5 heteroatoms. The zero-order chi connectivity index (χ0) is 18.4. The smallest absolute Gasteiger partial charge is 0.159 e. The second kappa shape index (κ2) is 8.25. The van der Waals surface area contributed by atoms with Crippen LogP contribution in [0.3, 0.4) is 0 Å². The molecular formula is C21H22N4O. The van der Waals surface area contributed by atoms with E-state index in [1.807, 2.05) is 36.4 Å². The number of Topliss-reactive ketones (excluding diaryl/α,β-unsaturated/α-hetero) is 1. The minimum Gasteiger partial charge on any atom is -0.352 e. The van der Waals surface area contributed by atoms with E-state index in [2.05, 4.69) is 39.2 Å². The summed E-state index contributed by atoms with van der Waals surface area (Å²) in [6.07, 6.45) is 1.56. The molecule has 0 aliphatic rings. The number of hydrogen-bond donors (Lipinski definition) is 1. The quantitative estimate of drug-likeness (QED) is 0.641. The van der Waals surface area contributed by atoms with E-state index in [1.54, 1.807) is 25.4 Å². The minimum atomic E-state index is 0.0559. The summed E-state index contributed by atoms with van der Waals surface area (Å²) >= 11 is 0. The van der Waals surface area contributed by atoms with Gasteiger partial charge in [-0.2, -0.15) is 0 Å². The molecule has 0 bridgehead atoms. The van der Waals surface area contributed by atoms with Crippen molar-refractivity contribution in [1.29, 1.82) is 0 Å². The van der Waals surface area contributed by atoms with Gasteiger partial charge in [-0.3, -0.25) is 4.79 Å². The number of nitrogens with zero attached hydrogens (tertiary/aromatic N) is 3. The summed E-state index contributed by atoms with van der Waals surface area (Å²) in [4.78, 5) is 22.3. The number of carbonyl (C=O) groups excluding carboxylic acids is 1. The molecule has 0 aliphatic heterocycles. The van der Waals surface area contributed by atoms with Gasteiger partial charge >= 0.3 is 0 Å². The molecule has 26 heavy (non-hydrogen) atoms. The van der Waals surface area contributed by atoms with Gasteiger partial charge in [-0.1, -0.05) is 30.3 Å². The van der Waals surface area contributed by atoms with E-state index in [0.29, 0.717) is 5.56 Å². The Bertz CT molecular complexity index is 863. The monoisotopic (exact) mass is 346 g/mol. The van der Waals surface area contributed by atoms with Gasteiger partial charge in [0.05, 0.1) is 0 Å². The maximum absolute atomic E-state index is 11.4. The number of hydrogen-bond acceptors (Lipinski definition) is 5. The number of aromatic nitrogens is 2. The number of benzene rings is 2. The molecule has 0 amide bonds. The first-order chi connectivity index (χ1) is 12.7. The summed E-state index contributed by atoms with van der Waals surface area (Å²) in [5.74, 6) is 1.65. The van der Waals surface area contributed by atoms with Crippen LogP contribution in [0.4, 0.5) is 17.3 Å². The first-order valence-electron chi connectivity index (χ1n) is 8.64. The van der Waals surface area contributed by atoms with Crippen LogP contribution in [0.15, 0.2) is 67.0 Å². The summed E-state index contributed by atoms with van der Waals surface area (Å²) in [5, 5.41) is 3.26. The van der Waals surface area contributed by atoms with E-state index in [4.69, 9.17) is 0 Å². The summed E-state index contributed by atoms with van der Waals surface area (Å²) < 4.78 is 0. The second-order valence-corrected chi connectivity index (χ2v) is 6.02. The molecule has 132 valence electrons. The molecule has 1 aromatic heterocycles. The van der Waals surface area contributed by atoms with Gasteiger partial charge in [0.2, 0.25) is 0 Å². The van der Waals surface area contributed by atoms with Crippen molar-refractivity contribution in [2.75, 3.05) is 16.8 Å². The van der Waals surface area contributed by atoms with Gasteiger partial charge in [-0.05, 0) is 43.7 Å². The zero-order valence-corrected chi connectivity index (χ0v) is 15.0. The molecule has 2 aromatic carbocycles. The van der Waals surface area contributed by atoms with E-state index in [9.17, 15) is 4.79 Å². The fourth-order valence-electron chi connectivity index (χ4n) is 2.68. The molecule has 0 aliphatic carbocycles. The third kappa shape index (κ3) is 4.45.